The largest absolute Gasteiger partial charge is 0.207 e. The lowest BCUT2D eigenvalue weighted by Gasteiger charge is -1.89. The summed E-state index contributed by atoms with van der Waals surface area (Å²) in [6.07, 6.45) is 0. The molecule has 0 aliphatic rings. The van der Waals surface area contributed by atoms with Gasteiger partial charge in [0.25, 0.3) is 0 Å². The number of benzene rings is 1. The van der Waals surface area contributed by atoms with Crippen molar-refractivity contribution in [1.29, 1.82) is 0 Å². The van der Waals surface area contributed by atoms with Gasteiger partial charge in [0.1, 0.15) is 11.6 Å². The maximum Gasteiger partial charge on any atom is 0.127 e. The van der Waals surface area contributed by atoms with Gasteiger partial charge in [-0.2, -0.15) is 0 Å². The van der Waals surface area contributed by atoms with Crippen molar-refractivity contribution in [3.05, 3.63) is 34.3 Å². The zero-order valence-corrected chi connectivity index (χ0v) is 7.95. The summed E-state index contributed by atoms with van der Waals surface area (Å²) in [5.41, 5.74) is 0. The van der Waals surface area contributed by atoms with Crippen LogP contribution in [0.15, 0.2) is 22.7 Å². The summed E-state index contributed by atoms with van der Waals surface area (Å²) >= 11 is 2.93. The zero-order valence-electron chi connectivity index (χ0n) is 6.37. The lowest BCUT2D eigenvalue weighted by molar-refractivity contribution is 0.582. The van der Waals surface area contributed by atoms with E-state index in [0.717, 1.165) is 6.07 Å². The van der Waals surface area contributed by atoms with Gasteiger partial charge >= 0.3 is 0 Å². The summed E-state index contributed by atoms with van der Waals surface area (Å²) in [5, 5.41) is 0. The minimum atomic E-state index is -0.568. The first kappa shape index (κ1) is 10.6. The Labute approximate surface area is 73.4 Å². The zero-order chi connectivity index (χ0) is 8.85. The molecule has 0 aliphatic heterocycles. The van der Waals surface area contributed by atoms with Crippen LogP contribution in [-0.4, -0.2) is 0 Å². The third-order valence-electron chi connectivity index (χ3n) is 0.827. The Kier molecular flexibility index (Phi) is 5.03. The molecule has 0 nitrogen and oxygen atoms in total. The standard InChI is InChI=1S/C6H3BrF2.C2H6/c7-4-1-5(8)3-6(9)2-4;1-2/h1-3H;1-2H3. The molecule has 0 saturated carbocycles. The first-order valence-corrected chi connectivity index (χ1v) is 4.09. The van der Waals surface area contributed by atoms with Crippen LogP contribution in [0.5, 0.6) is 0 Å². The van der Waals surface area contributed by atoms with E-state index in [1.165, 1.54) is 12.1 Å². The summed E-state index contributed by atoms with van der Waals surface area (Å²) in [6.45, 7) is 4.00. The van der Waals surface area contributed by atoms with Crippen molar-refractivity contribution in [1.82, 2.24) is 0 Å². The highest BCUT2D eigenvalue weighted by Crippen LogP contribution is 2.12. The van der Waals surface area contributed by atoms with Gasteiger partial charge in [-0.3, -0.25) is 0 Å². The first-order valence-electron chi connectivity index (χ1n) is 3.30. The van der Waals surface area contributed by atoms with E-state index in [1.807, 2.05) is 13.8 Å². The van der Waals surface area contributed by atoms with E-state index in [-0.39, 0.29) is 0 Å². The Morgan fingerprint density at radius 2 is 1.36 bits per heavy atom. The van der Waals surface area contributed by atoms with E-state index in [0.29, 0.717) is 4.47 Å². The van der Waals surface area contributed by atoms with Crippen molar-refractivity contribution in [2.75, 3.05) is 0 Å². The third-order valence-corrected chi connectivity index (χ3v) is 1.29. The van der Waals surface area contributed by atoms with Crippen molar-refractivity contribution >= 4 is 15.9 Å². The summed E-state index contributed by atoms with van der Waals surface area (Å²) in [6, 6.07) is 3.22. The van der Waals surface area contributed by atoms with E-state index >= 15 is 0 Å². The molecule has 11 heavy (non-hydrogen) atoms. The second-order valence-electron chi connectivity index (χ2n) is 1.59. The van der Waals surface area contributed by atoms with Crippen LogP contribution in [0.25, 0.3) is 0 Å². The van der Waals surface area contributed by atoms with E-state index in [1.54, 1.807) is 0 Å². The van der Waals surface area contributed by atoms with Crippen LogP contribution < -0.4 is 0 Å². The lowest BCUT2D eigenvalue weighted by Crippen LogP contribution is -1.77. The first-order chi connectivity index (χ1) is 5.18. The number of rotatable bonds is 0. The maximum atomic E-state index is 12.2. The van der Waals surface area contributed by atoms with Gasteiger partial charge < -0.3 is 0 Å². The van der Waals surface area contributed by atoms with Crippen molar-refractivity contribution in [3.8, 4) is 0 Å². The molecule has 0 N–H and O–H groups in total. The lowest BCUT2D eigenvalue weighted by atomic mass is 10.3. The van der Waals surface area contributed by atoms with Gasteiger partial charge in [0.15, 0.2) is 0 Å². The van der Waals surface area contributed by atoms with Crippen LogP contribution in [-0.2, 0) is 0 Å². The van der Waals surface area contributed by atoms with Gasteiger partial charge in [0.2, 0.25) is 0 Å². The summed E-state index contributed by atoms with van der Waals surface area (Å²) in [4.78, 5) is 0. The monoisotopic (exact) mass is 222 g/mol. The normalized spacial score (nSPS) is 8.45. The molecular formula is C8H9BrF2. The number of hydrogen-bond donors (Lipinski definition) is 0. The molecular weight excluding hydrogens is 214 g/mol. The topological polar surface area (TPSA) is 0 Å². The summed E-state index contributed by atoms with van der Waals surface area (Å²) in [5.74, 6) is -1.14. The maximum absolute atomic E-state index is 12.2. The highest BCUT2D eigenvalue weighted by molar-refractivity contribution is 9.10. The second kappa shape index (κ2) is 5.24. The average molecular weight is 223 g/mol. The highest BCUT2D eigenvalue weighted by Gasteiger charge is 1.95. The number of halogens is 3. The molecule has 3 heteroatoms. The number of hydrogen-bond acceptors (Lipinski definition) is 0. The summed E-state index contributed by atoms with van der Waals surface area (Å²) < 4.78 is 24.7. The van der Waals surface area contributed by atoms with E-state index in [9.17, 15) is 8.78 Å². The van der Waals surface area contributed by atoms with Crippen molar-refractivity contribution < 1.29 is 8.78 Å². The highest BCUT2D eigenvalue weighted by atomic mass is 79.9. The predicted octanol–water partition coefficient (Wildman–Crippen LogP) is 3.75. The Morgan fingerprint density at radius 1 is 1.00 bits per heavy atom. The average Bonchev–Trinajstić information content (AvgIpc) is 1.88. The third kappa shape index (κ3) is 4.09. The molecule has 0 atom stereocenters. The quantitative estimate of drug-likeness (QED) is 0.628. The molecule has 0 aliphatic carbocycles. The van der Waals surface area contributed by atoms with Crippen LogP contribution in [0.1, 0.15) is 13.8 Å². The fraction of sp³-hybridized carbons (Fsp3) is 0.250. The molecule has 1 aromatic carbocycles. The molecule has 1 aromatic rings. The molecule has 0 fully saturated rings. The molecule has 0 aromatic heterocycles. The molecule has 0 radical (unpaired) electrons. The SMILES string of the molecule is CC.Fc1cc(F)cc(Br)c1. The van der Waals surface area contributed by atoms with Gasteiger partial charge in [0, 0.05) is 10.5 Å². The van der Waals surface area contributed by atoms with Crippen LogP contribution in [0, 0.1) is 11.6 Å². The molecule has 0 bridgehead atoms. The molecule has 0 heterocycles. The van der Waals surface area contributed by atoms with Crippen LogP contribution >= 0.6 is 15.9 Å². The minimum Gasteiger partial charge on any atom is -0.207 e. The van der Waals surface area contributed by atoms with Crippen LogP contribution in [0.3, 0.4) is 0 Å². The Hall–Kier alpha value is -0.440. The smallest absolute Gasteiger partial charge is 0.127 e. The van der Waals surface area contributed by atoms with Gasteiger partial charge in [-0.05, 0) is 12.1 Å². The van der Waals surface area contributed by atoms with Crippen molar-refractivity contribution in [2.24, 2.45) is 0 Å². The second-order valence-corrected chi connectivity index (χ2v) is 2.50. The fourth-order valence-electron chi connectivity index (χ4n) is 0.520. The van der Waals surface area contributed by atoms with E-state index < -0.39 is 11.6 Å². The molecule has 1 rings (SSSR count). The molecule has 0 spiro atoms. The van der Waals surface area contributed by atoms with Crippen LogP contribution in [0.2, 0.25) is 0 Å². The fourth-order valence-corrected chi connectivity index (χ4v) is 0.958. The Morgan fingerprint density at radius 3 is 1.64 bits per heavy atom. The molecule has 0 unspecified atom stereocenters. The van der Waals surface area contributed by atoms with Crippen molar-refractivity contribution in [3.63, 3.8) is 0 Å². The Bertz CT molecular complexity index is 173. The Balaban J connectivity index is 0.000000461. The molecule has 62 valence electrons. The van der Waals surface area contributed by atoms with Gasteiger partial charge in [-0.25, -0.2) is 8.78 Å². The van der Waals surface area contributed by atoms with Crippen LogP contribution in [0.4, 0.5) is 8.78 Å². The van der Waals surface area contributed by atoms with E-state index in [2.05, 4.69) is 15.9 Å². The molecule has 0 saturated heterocycles. The van der Waals surface area contributed by atoms with Crippen molar-refractivity contribution in [2.45, 2.75) is 13.8 Å². The van der Waals surface area contributed by atoms with Gasteiger partial charge in [-0.1, -0.05) is 29.8 Å². The van der Waals surface area contributed by atoms with E-state index in [4.69, 9.17) is 0 Å². The van der Waals surface area contributed by atoms with Gasteiger partial charge in [-0.15, -0.1) is 0 Å². The molecule has 0 amide bonds. The van der Waals surface area contributed by atoms with Gasteiger partial charge in [0.05, 0.1) is 0 Å². The summed E-state index contributed by atoms with van der Waals surface area (Å²) in [7, 11) is 0. The predicted molar refractivity (Wildman–Crippen MR) is 45.4 cm³/mol. The minimum absolute atomic E-state index is 0.417.